The minimum absolute atomic E-state index is 0.312. The maximum absolute atomic E-state index is 9.19. The largest absolute Gasteiger partial charge is 0.389 e. The lowest BCUT2D eigenvalue weighted by Gasteiger charge is -2.34. The van der Waals surface area contributed by atoms with Crippen molar-refractivity contribution in [3.8, 4) is 6.07 Å². The van der Waals surface area contributed by atoms with Gasteiger partial charge in [0.1, 0.15) is 0 Å². The molecule has 0 atom stereocenters. The first-order chi connectivity index (χ1) is 3.77. The molecule has 0 heterocycles. The molecule has 0 radical (unpaired) electrons. The summed E-state index contributed by atoms with van der Waals surface area (Å²) in [6.45, 7) is 0. The molecule has 1 N–H and O–H groups in total. The van der Waals surface area contributed by atoms with Gasteiger partial charge in [0.25, 0.3) is 0 Å². The van der Waals surface area contributed by atoms with Crippen molar-refractivity contribution < 1.29 is 5.11 Å². The highest BCUT2D eigenvalue weighted by Crippen LogP contribution is 2.33. The highest BCUT2D eigenvalue weighted by atomic mass is 16.3. The Morgan fingerprint density at radius 2 is 2.25 bits per heavy atom. The van der Waals surface area contributed by atoms with Crippen LogP contribution in [0.2, 0.25) is 0 Å². The first-order valence-electron chi connectivity index (χ1n) is 2.86. The van der Waals surface area contributed by atoms with E-state index in [4.69, 9.17) is 5.26 Å². The summed E-state index contributed by atoms with van der Waals surface area (Å²) in [4.78, 5) is 0. The van der Waals surface area contributed by atoms with Crippen LogP contribution in [-0.4, -0.2) is 10.7 Å². The van der Waals surface area contributed by atoms with Crippen LogP contribution in [0.5, 0.6) is 0 Å². The third kappa shape index (κ3) is 0.823. The van der Waals surface area contributed by atoms with E-state index in [-0.39, 0.29) is 0 Å². The molecule has 0 aromatic carbocycles. The van der Waals surface area contributed by atoms with Gasteiger partial charge in [-0.3, -0.25) is 0 Å². The average Bonchev–Trinajstić information content (AvgIpc) is 1.64. The summed E-state index contributed by atoms with van der Waals surface area (Å²) in [5, 5.41) is 17.3. The molecule has 0 aliphatic heterocycles. The molecule has 1 rings (SSSR count). The lowest BCUT2D eigenvalue weighted by Crippen LogP contribution is -2.35. The normalized spacial score (nSPS) is 23.5. The number of rotatable bonds is 1. The van der Waals surface area contributed by atoms with Crippen LogP contribution in [0.1, 0.15) is 25.7 Å². The molecule has 0 spiro atoms. The van der Waals surface area contributed by atoms with Crippen molar-refractivity contribution in [1.82, 2.24) is 0 Å². The molecular formula is C6H9NO. The average molecular weight is 111 g/mol. The van der Waals surface area contributed by atoms with Crippen molar-refractivity contribution in [2.24, 2.45) is 0 Å². The number of nitrogens with zero attached hydrogens (tertiary/aromatic N) is 1. The topological polar surface area (TPSA) is 44.0 Å². The summed E-state index contributed by atoms with van der Waals surface area (Å²) in [5.41, 5.74) is -0.589. The maximum atomic E-state index is 9.19. The van der Waals surface area contributed by atoms with Crippen molar-refractivity contribution in [1.29, 1.82) is 5.26 Å². The van der Waals surface area contributed by atoms with E-state index in [9.17, 15) is 5.11 Å². The van der Waals surface area contributed by atoms with Crippen LogP contribution in [0.4, 0.5) is 0 Å². The van der Waals surface area contributed by atoms with Gasteiger partial charge in [-0.05, 0) is 19.3 Å². The first-order valence-corrected chi connectivity index (χ1v) is 2.86. The van der Waals surface area contributed by atoms with Gasteiger partial charge in [-0.1, -0.05) is 0 Å². The molecule has 0 unspecified atom stereocenters. The summed E-state index contributed by atoms with van der Waals surface area (Å²) in [5.74, 6) is 0. The third-order valence-corrected chi connectivity index (χ3v) is 1.69. The minimum Gasteiger partial charge on any atom is -0.389 e. The van der Waals surface area contributed by atoms with Gasteiger partial charge in [0.15, 0.2) is 0 Å². The Morgan fingerprint density at radius 3 is 2.38 bits per heavy atom. The molecule has 0 saturated heterocycles. The van der Waals surface area contributed by atoms with Crippen molar-refractivity contribution in [2.75, 3.05) is 0 Å². The lowest BCUT2D eigenvalue weighted by molar-refractivity contribution is -0.0283. The summed E-state index contributed by atoms with van der Waals surface area (Å²) < 4.78 is 0. The predicted octanol–water partition coefficient (Wildman–Crippen LogP) is 0.815. The van der Waals surface area contributed by atoms with Crippen LogP contribution in [0.3, 0.4) is 0 Å². The zero-order valence-electron chi connectivity index (χ0n) is 4.72. The van der Waals surface area contributed by atoms with Gasteiger partial charge < -0.3 is 5.11 Å². The van der Waals surface area contributed by atoms with Gasteiger partial charge in [0, 0.05) is 0 Å². The van der Waals surface area contributed by atoms with Crippen LogP contribution < -0.4 is 0 Å². The van der Waals surface area contributed by atoms with Crippen LogP contribution in [-0.2, 0) is 0 Å². The van der Waals surface area contributed by atoms with E-state index in [1.54, 1.807) is 0 Å². The molecule has 2 nitrogen and oxygen atoms in total. The van der Waals surface area contributed by atoms with E-state index in [0.29, 0.717) is 6.42 Å². The van der Waals surface area contributed by atoms with Crippen molar-refractivity contribution in [2.45, 2.75) is 31.3 Å². The van der Waals surface area contributed by atoms with E-state index in [2.05, 4.69) is 0 Å². The second-order valence-corrected chi connectivity index (χ2v) is 2.41. The lowest BCUT2D eigenvalue weighted by atomic mass is 9.78. The summed E-state index contributed by atoms with van der Waals surface area (Å²) in [6.07, 6.45) is 3.03. The minimum atomic E-state index is -0.589. The standard InChI is InChI=1S/C6H9NO/c7-5-4-6(8)2-1-3-6/h8H,1-4H2. The second kappa shape index (κ2) is 1.75. The molecule has 2 heteroatoms. The Bertz CT molecular complexity index is 121. The van der Waals surface area contributed by atoms with Gasteiger partial charge in [-0.15, -0.1) is 0 Å². The Balaban J connectivity index is 2.33. The van der Waals surface area contributed by atoms with Gasteiger partial charge in [-0.2, -0.15) is 5.26 Å². The van der Waals surface area contributed by atoms with E-state index in [1.165, 1.54) is 0 Å². The maximum Gasteiger partial charge on any atom is 0.0777 e. The van der Waals surface area contributed by atoms with Gasteiger partial charge in [0.2, 0.25) is 0 Å². The van der Waals surface area contributed by atoms with E-state index in [1.807, 2.05) is 6.07 Å². The van der Waals surface area contributed by atoms with Gasteiger partial charge >= 0.3 is 0 Å². The molecule has 1 fully saturated rings. The molecular weight excluding hydrogens is 102 g/mol. The number of nitriles is 1. The molecule has 1 aliphatic rings. The molecule has 0 aromatic rings. The molecule has 44 valence electrons. The highest BCUT2D eigenvalue weighted by Gasteiger charge is 2.33. The Kier molecular flexibility index (Phi) is 1.22. The first kappa shape index (κ1) is 5.58. The van der Waals surface area contributed by atoms with E-state index >= 15 is 0 Å². The van der Waals surface area contributed by atoms with E-state index in [0.717, 1.165) is 19.3 Å². The number of hydrogen-bond donors (Lipinski definition) is 1. The van der Waals surface area contributed by atoms with Crippen LogP contribution in [0.15, 0.2) is 0 Å². The molecule has 1 saturated carbocycles. The molecule has 0 bridgehead atoms. The summed E-state index contributed by atoms with van der Waals surface area (Å²) >= 11 is 0. The van der Waals surface area contributed by atoms with E-state index < -0.39 is 5.60 Å². The summed E-state index contributed by atoms with van der Waals surface area (Å²) in [6, 6.07) is 1.96. The zero-order chi connectivity index (χ0) is 6.04. The number of hydrogen-bond acceptors (Lipinski definition) is 2. The second-order valence-electron chi connectivity index (χ2n) is 2.41. The fraction of sp³-hybridized carbons (Fsp3) is 0.833. The van der Waals surface area contributed by atoms with Crippen molar-refractivity contribution in [3.63, 3.8) is 0 Å². The molecule has 0 aromatic heterocycles. The third-order valence-electron chi connectivity index (χ3n) is 1.69. The van der Waals surface area contributed by atoms with Crippen molar-refractivity contribution in [3.05, 3.63) is 0 Å². The number of aliphatic hydroxyl groups is 1. The molecule has 1 aliphatic carbocycles. The summed E-state index contributed by atoms with van der Waals surface area (Å²) in [7, 11) is 0. The molecule has 8 heavy (non-hydrogen) atoms. The van der Waals surface area contributed by atoms with Crippen molar-refractivity contribution >= 4 is 0 Å². The smallest absolute Gasteiger partial charge is 0.0777 e. The quantitative estimate of drug-likeness (QED) is 0.544. The van der Waals surface area contributed by atoms with Gasteiger partial charge in [0.05, 0.1) is 18.1 Å². The van der Waals surface area contributed by atoms with Crippen LogP contribution in [0.25, 0.3) is 0 Å². The highest BCUT2D eigenvalue weighted by molar-refractivity contribution is 4.94. The van der Waals surface area contributed by atoms with Crippen LogP contribution >= 0.6 is 0 Å². The fourth-order valence-corrected chi connectivity index (χ4v) is 0.909. The molecule has 0 amide bonds. The Labute approximate surface area is 48.7 Å². The SMILES string of the molecule is N#CCC1(O)CCC1. The Hall–Kier alpha value is -0.550. The van der Waals surface area contributed by atoms with Crippen LogP contribution in [0, 0.1) is 11.3 Å². The monoisotopic (exact) mass is 111 g/mol. The predicted molar refractivity (Wildman–Crippen MR) is 29.0 cm³/mol. The fourth-order valence-electron chi connectivity index (χ4n) is 0.909. The Morgan fingerprint density at radius 1 is 1.62 bits per heavy atom. The van der Waals surface area contributed by atoms with Gasteiger partial charge in [-0.25, -0.2) is 0 Å². The zero-order valence-corrected chi connectivity index (χ0v) is 4.72.